The third-order valence-electron chi connectivity index (χ3n) is 3.45. The Kier molecular flexibility index (Phi) is 4.24. The SMILES string of the molecule is CSC1(CNCc2cccnc2)CCCC1. The molecule has 0 atom stereocenters. The Bertz CT molecular complexity index is 307. The van der Waals surface area contributed by atoms with E-state index in [1.165, 1.54) is 31.2 Å². The van der Waals surface area contributed by atoms with Gasteiger partial charge in [-0.25, -0.2) is 0 Å². The summed E-state index contributed by atoms with van der Waals surface area (Å²) in [5.41, 5.74) is 1.27. The average Bonchev–Trinajstić information content (AvgIpc) is 2.80. The monoisotopic (exact) mass is 236 g/mol. The van der Waals surface area contributed by atoms with Crippen molar-refractivity contribution >= 4 is 11.8 Å². The molecule has 0 saturated heterocycles. The van der Waals surface area contributed by atoms with Crippen LogP contribution in [0.15, 0.2) is 24.5 Å². The maximum absolute atomic E-state index is 4.13. The fourth-order valence-corrected chi connectivity index (χ4v) is 3.35. The predicted molar refractivity (Wildman–Crippen MR) is 70.7 cm³/mol. The van der Waals surface area contributed by atoms with Crippen molar-refractivity contribution in [3.8, 4) is 0 Å². The minimum atomic E-state index is 0.502. The number of pyridine rings is 1. The van der Waals surface area contributed by atoms with Crippen LogP contribution in [0.4, 0.5) is 0 Å². The lowest BCUT2D eigenvalue weighted by Gasteiger charge is -2.27. The fraction of sp³-hybridized carbons (Fsp3) is 0.615. The van der Waals surface area contributed by atoms with Crippen molar-refractivity contribution in [2.45, 2.75) is 37.0 Å². The molecule has 1 aromatic heterocycles. The van der Waals surface area contributed by atoms with Crippen LogP contribution in [0.5, 0.6) is 0 Å². The lowest BCUT2D eigenvalue weighted by molar-refractivity contribution is 0.533. The Morgan fingerprint density at radius 1 is 1.44 bits per heavy atom. The first-order valence-corrected chi connectivity index (χ1v) is 7.22. The van der Waals surface area contributed by atoms with Gasteiger partial charge in [-0.3, -0.25) is 4.98 Å². The maximum atomic E-state index is 4.13. The fourth-order valence-electron chi connectivity index (χ4n) is 2.41. The van der Waals surface area contributed by atoms with Gasteiger partial charge < -0.3 is 5.32 Å². The molecule has 0 aromatic carbocycles. The summed E-state index contributed by atoms with van der Waals surface area (Å²) in [6.45, 7) is 2.07. The zero-order chi connectivity index (χ0) is 11.3. The molecule has 1 N–H and O–H groups in total. The molecule has 1 fully saturated rings. The van der Waals surface area contributed by atoms with Gasteiger partial charge in [0, 0.05) is 30.2 Å². The molecular weight excluding hydrogens is 216 g/mol. The van der Waals surface area contributed by atoms with E-state index in [1.807, 2.05) is 30.2 Å². The molecule has 1 heterocycles. The number of thioether (sulfide) groups is 1. The summed E-state index contributed by atoms with van der Waals surface area (Å²) in [5, 5.41) is 3.57. The van der Waals surface area contributed by atoms with Crippen molar-refractivity contribution in [3.63, 3.8) is 0 Å². The van der Waals surface area contributed by atoms with Crippen LogP contribution in [0.3, 0.4) is 0 Å². The Hall–Kier alpha value is -0.540. The van der Waals surface area contributed by atoms with Gasteiger partial charge in [-0.2, -0.15) is 11.8 Å². The third-order valence-corrected chi connectivity index (χ3v) is 4.87. The molecular formula is C13H20N2S. The number of hydrogen-bond donors (Lipinski definition) is 1. The van der Waals surface area contributed by atoms with E-state index in [0.29, 0.717) is 4.75 Å². The van der Waals surface area contributed by atoms with Crippen LogP contribution in [0.2, 0.25) is 0 Å². The van der Waals surface area contributed by atoms with Gasteiger partial charge in [0.05, 0.1) is 0 Å². The molecule has 16 heavy (non-hydrogen) atoms. The lowest BCUT2D eigenvalue weighted by Crippen LogP contribution is -2.34. The van der Waals surface area contributed by atoms with Crippen LogP contribution in [0.1, 0.15) is 31.2 Å². The first-order valence-electron chi connectivity index (χ1n) is 5.99. The molecule has 1 aliphatic rings. The summed E-state index contributed by atoms with van der Waals surface area (Å²) >= 11 is 2.04. The number of aromatic nitrogens is 1. The maximum Gasteiger partial charge on any atom is 0.0312 e. The summed E-state index contributed by atoms with van der Waals surface area (Å²) in [5.74, 6) is 0. The summed E-state index contributed by atoms with van der Waals surface area (Å²) < 4.78 is 0.502. The van der Waals surface area contributed by atoms with E-state index < -0.39 is 0 Å². The highest BCUT2D eigenvalue weighted by atomic mass is 32.2. The molecule has 2 rings (SSSR count). The largest absolute Gasteiger partial charge is 0.311 e. The molecule has 3 heteroatoms. The average molecular weight is 236 g/mol. The van der Waals surface area contributed by atoms with Gasteiger partial charge in [-0.1, -0.05) is 18.9 Å². The normalized spacial score (nSPS) is 18.8. The van der Waals surface area contributed by atoms with E-state index >= 15 is 0 Å². The van der Waals surface area contributed by atoms with E-state index in [9.17, 15) is 0 Å². The first kappa shape index (κ1) is 11.9. The molecule has 0 spiro atoms. The minimum absolute atomic E-state index is 0.502. The number of nitrogens with one attached hydrogen (secondary N) is 1. The lowest BCUT2D eigenvalue weighted by atomic mass is 10.1. The Labute approximate surface area is 102 Å². The van der Waals surface area contributed by atoms with Crippen molar-refractivity contribution in [2.24, 2.45) is 0 Å². The second-order valence-electron chi connectivity index (χ2n) is 4.56. The smallest absolute Gasteiger partial charge is 0.0312 e. The van der Waals surface area contributed by atoms with Gasteiger partial charge in [0.15, 0.2) is 0 Å². The molecule has 0 aliphatic heterocycles. The molecule has 0 amide bonds. The quantitative estimate of drug-likeness (QED) is 0.851. The van der Waals surface area contributed by atoms with Crippen molar-refractivity contribution in [3.05, 3.63) is 30.1 Å². The van der Waals surface area contributed by atoms with Crippen molar-refractivity contribution in [2.75, 3.05) is 12.8 Å². The van der Waals surface area contributed by atoms with E-state index in [-0.39, 0.29) is 0 Å². The molecule has 0 radical (unpaired) electrons. The van der Waals surface area contributed by atoms with Gasteiger partial charge >= 0.3 is 0 Å². The van der Waals surface area contributed by atoms with Crippen LogP contribution in [-0.2, 0) is 6.54 Å². The van der Waals surface area contributed by atoms with E-state index in [1.54, 1.807) is 0 Å². The Morgan fingerprint density at radius 3 is 2.88 bits per heavy atom. The molecule has 1 saturated carbocycles. The summed E-state index contributed by atoms with van der Waals surface area (Å²) in [7, 11) is 0. The van der Waals surface area contributed by atoms with Gasteiger partial charge in [0.25, 0.3) is 0 Å². The molecule has 0 bridgehead atoms. The second-order valence-corrected chi connectivity index (χ2v) is 5.83. The summed E-state index contributed by atoms with van der Waals surface area (Å²) in [4.78, 5) is 4.13. The van der Waals surface area contributed by atoms with E-state index in [0.717, 1.165) is 13.1 Å². The van der Waals surface area contributed by atoms with Crippen molar-refractivity contribution < 1.29 is 0 Å². The highest BCUT2D eigenvalue weighted by molar-refractivity contribution is 8.00. The highest BCUT2D eigenvalue weighted by Crippen LogP contribution is 2.39. The standard InChI is InChI=1S/C13H20N2S/c1-16-13(6-2-3-7-13)11-15-10-12-5-4-8-14-9-12/h4-5,8-9,15H,2-3,6-7,10-11H2,1H3. The van der Waals surface area contributed by atoms with Crippen molar-refractivity contribution in [1.29, 1.82) is 0 Å². The topological polar surface area (TPSA) is 24.9 Å². The number of rotatable bonds is 5. The van der Waals surface area contributed by atoms with Crippen LogP contribution >= 0.6 is 11.8 Å². The second kappa shape index (κ2) is 5.69. The zero-order valence-corrected chi connectivity index (χ0v) is 10.7. The Balaban J connectivity index is 1.79. The Morgan fingerprint density at radius 2 is 2.25 bits per heavy atom. The van der Waals surface area contributed by atoms with Gasteiger partial charge in [-0.05, 0) is 30.7 Å². The minimum Gasteiger partial charge on any atom is -0.311 e. The van der Waals surface area contributed by atoms with Gasteiger partial charge in [0.1, 0.15) is 0 Å². The van der Waals surface area contributed by atoms with Gasteiger partial charge in [0.2, 0.25) is 0 Å². The van der Waals surface area contributed by atoms with Crippen molar-refractivity contribution in [1.82, 2.24) is 10.3 Å². The zero-order valence-electron chi connectivity index (χ0n) is 9.91. The first-order chi connectivity index (χ1) is 7.85. The van der Waals surface area contributed by atoms with Crippen LogP contribution < -0.4 is 5.32 Å². The molecule has 0 unspecified atom stereocenters. The number of hydrogen-bond acceptors (Lipinski definition) is 3. The van der Waals surface area contributed by atoms with Gasteiger partial charge in [-0.15, -0.1) is 0 Å². The predicted octanol–water partition coefficient (Wildman–Crippen LogP) is 2.85. The van der Waals surface area contributed by atoms with Crippen LogP contribution in [0.25, 0.3) is 0 Å². The highest BCUT2D eigenvalue weighted by Gasteiger charge is 2.32. The van der Waals surface area contributed by atoms with E-state index in [2.05, 4.69) is 22.6 Å². The number of nitrogens with zero attached hydrogens (tertiary/aromatic N) is 1. The molecule has 1 aromatic rings. The van der Waals surface area contributed by atoms with E-state index in [4.69, 9.17) is 0 Å². The summed E-state index contributed by atoms with van der Waals surface area (Å²) in [6, 6.07) is 4.12. The van der Waals surface area contributed by atoms with Crippen LogP contribution in [-0.4, -0.2) is 22.5 Å². The summed E-state index contributed by atoms with van der Waals surface area (Å²) in [6.07, 6.45) is 11.5. The molecule has 88 valence electrons. The molecule has 1 aliphatic carbocycles. The molecule has 2 nitrogen and oxygen atoms in total. The third kappa shape index (κ3) is 2.98. The van der Waals surface area contributed by atoms with Crippen LogP contribution in [0, 0.1) is 0 Å².